The Morgan fingerprint density at radius 2 is 1.88 bits per heavy atom. The maximum absolute atomic E-state index is 12.2. The van der Waals surface area contributed by atoms with Gasteiger partial charge >= 0.3 is 0 Å². The number of thiocarbonyl (C=S) groups is 1. The number of benzene rings is 1. The summed E-state index contributed by atoms with van der Waals surface area (Å²) >= 11 is 24.3. The summed E-state index contributed by atoms with van der Waals surface area (Å²) in [6, 6.07) is 10.5. The molecule has 0 aliphatic carbocycles. The summed E-state index contributed by atoms with van der Waals surface area (Å²) in [5.74, 6) is 0.345. The Balaban J connectivity index is 2.00. The van der Waals surface area contributed by atoms with E-state index in [1.807, 2.05) is 0 Å². The number of ether oxygens (including phenoxy) is 1. The first-order valence-electron chi connectivity index (χ1n) is 6.92. The van der Waals surface area contributed by atoms with Crippen LogP contribution in [0.5, 0.6) is 5.75 Å². The number of hydrogen-bond donors (Lipinski definition) is 3. The SMILES string of the molecule is COc1ccc(NC(=S)NC(NC(=O)c2cccs2)C(Cl)(Cl)Cl)cc1. The van der Waals surface area contributed by atoms with Gasteiger partial charge in [-0.05, 0) is 47.9 Å². The second-order valence-electron chi connectivity index (χ2n) is 4.75. The largest absolute Gasteiger partial charge is 0.497 e. The first-order valence-corrected chi connectivity index (χ1v) is 9.34. The van der Waals surface area contributed by atoms with Crippen molar-refractivity contribution < 1.29 is 9.53 Å². The third kappa shape index (κ3) is 6.20. The summed E-state index contributed by atoms with van der Waals surface area (Å²) in [6.07, 6.45) is -1.02. The van der Waals surface area contributed by atoms with Gasteiger partial charge in [0.15, 0.2) is 5.11 Å². The number of halogens is 3. The number of methoxy groups -OCH3 is 1. The number of thiophene rings is 1. The molecule has 0 bridgehead atoms. The smallest absolute Gasteiger partial charge is 0.263 e. The van der Waals surface area contributed by atoms with Crippen molar-refractivity contribution in [3.05, 3.63) is 46.7 Å². The van der Waals surface area contributed by atoms with E-state index in [2.05, 4.69) is 16.0 Å². The van der Waals surface area contributed by atoms with Crippen molar-refractivity contribution in [3.63, 3.8) is 0 Å². The summed E-state index contributed by atoms with van der Waals surface area (Å²) in [6.45, 7) is 0. The van der Waals surface area contributed by atoms with Crippen LogP contribution in [0.2, 0.25) is 0 Å². The van der Waals surface area contributed by atoms with Crippen LogP contribution in [0.4, 0.5) is 5.69 Å². The summed E-state index contributed by atoms with van der Waals surface area (Å²) in [5.41, 5.74) is 0.714. The highest BCUT2D eigenvalue weighted by Crippen LogP contribution is 2.29. The van der Waals surface area contributed by atoms with E-state index in [9.17, 15) is 4.79 Å². The molecule has 0 fully saturated rings. The molecule has 1 aromatic heterocycles. The highest BCUT2D eigenvalue weighted by molar-refractivity contribution is 7.80. The minimum atomic E-state index is -1.81. The first-order chi connectivity index (χ1) is 11.8. The molecule has 1 heterocycles. The zero-order valence-corrected chi connectivity index (χ0v) is 16.8. The van der Waals surface area contributed by atoms with Crippen LogP contribution in [-0.4, -0.2) is 28.1 Å². The van der Waals surface area contributed by atoms with Gasteiger partial charge in [0.05, 0.1) is 12.0 Å². The van der Waals surface area contributed by atoms with Gasteiger partial charge in [-0.3, -0.25) is 4.79 Å². The molecular formula is C15H14Cl3N3O2S2. The monoisotopic (exact) mass is 437 g/mol. The Labute approximate surface area is 169 Å². The molecule has 1 amide bonds. The van der Waals surface area contributed by atoms with Crippen molar-refractivity contribution in [2.75, 3.05) is 12.4 Å². The van der Waals surface area contributed by atoms with Crippen LogP contribution in [0.3, 0.4) is 0 Å². The molecule has 0 spiro atoms. The normalized spacial score (nSPS) is 12.2. The quantitative estimate of drug-likeness (QED) is 0.371. The number of amides is 1. The predicted octanol–water partition coefficient (Wildman–Crippen LogP) is 4.17. The van der Waals surface area contributed by atoms with Gasteiger partial charge in [0.2, 0.25) is 3.79 Å². The number of alkyl halides is 3. The molecule has 0 radical (unpaired) electrons. The average molecular weight is 439 g/mol. The molecule has 134 valence electrons. The van der Waals surface area contributed by atoms with Crippen LogP contribution in [0.15, 0.2) is 41.8 Å². The summed E-state index contributed by atoms with van der Waals surface area (Å²) < 4.78 is 3.28. The number of anilines is 1. The third-order valence-electron chi connectivity index (χ3n) is 2.97. The molecule has 2 aromatic rings. The zero-order chi connectivity index (χ0) is 18.4. The minimum absolute atomic E-state index is 0.188. The van der Waals surface area contributed by atoms with Crippen molar-refractivity contribution in [2.24, 2.45) is 0 Å². The molecule has 3 N–H and O–H groups in total. The molecule has 1 atom stereocenters. The standard InChI is InChI=1S/C15H14Cl3N3O2S2/c1-23-10-6-4-9(5-7-10)19-14(24)21-13(15(16,17)18)20-12(22)11-3-2-8-25-11/h2-8,13H,1H3,(H,20,22)(H2,19,21,24). The fourth-order valence-electron chi connectivity index (χ4n) is 1.78. The zero-order valence-electron chi connectivity index (χ0n) is 12.9. The van der Waals surface area contributed by atoms with E-state index in [-0.39, 0.29) is 11.0 Å². The summed E-state index contributed by atoms with van der Waals surface area (Å²) in [4.78, 5) is 12.7. The molecule has 0 aliphatic rings. The number of carbonyl (C=O) groups is 1. The molecule has 0 saturated carbocycles. The number of rotatable bonds is 5. The average Bonchev–Trinajstić information content (AvgIpc) is 3.08. The molecule has 10 heteroatoms. The van der Waals surface area contributed by atoms with Gasteiger partial charge in [0.25, 0.3) is 5.91 Å². The Morgan fingerprint density at radius 3 is 2.40 bits per heavy atom. The number of hydrogen-bond acceptors (Lipinski definition) is 4. The van der Waals surface area contributed by atoms with Crippen molar-refractivity contribution in [3.8, 4) is 5.75 Å². The maximum atomic E-state index is 12.2. The van der Waals surface area contributed by atoms with Gasteiger partial charge in [-0.25, -0.2) is 0 Å². The van der Waals surface area contributed by atoms with E-state index in [1.54, 1.807) is 48.9 Å². The van der Waals surface area contributed by atoms with Crippen molar-refractivity contribution in [1.82, 2.24) is 10.6 Å². The fraction of sp³-hybridized carbons (Fsp3) is 0.200. The summed E-state index contributed by atoms with van der Waals surface area (Å²) in [7, 11) is 1.58. The molecule has 2 rings (SSSR count). The summed E-state index contributed by atoms with van der Waals surface area (Å²) in [5, 5.41) is 10.3. The molecule has 1 unspecified atom stereocenters. The Morgan fingerprint density at radius 1 is 1.20 bits per heavy atom. The lowest BCUT2D eigenvalue weighted by Gasteiger charge is -2.27. The second kappa shape index (κ2) is 8.91. The van der Waals surface area contributed by atoms with Crippen molar-refractivity contribution in [2.45, 2.75) is 9.96 Å². The maximum Gasteiger partial charge on any atom is 0.263 e. The lowest BCUT2D eigenvalue weighted by molar-refractivity contribution is 0.0938. The van der Waals surface area contributed by atoms with Gasteiger partial charge < -0.3 is 20.7 Å². The van der Waals surface area contributed by atoms with Crippen LogP contribution in [0.1, 0.15) is 9.67 Å². The van der Waals surface area contributed by atoms with Gasteiger partial charge in [-0.15, -0.1) is 11.3 Å². The molecular weight excluding hydrogens is 425 g/mol. The Kier molecular flexibility index (Phi) is 7.15. The lowest BCUT2D eigenvalue weighted by atomic mass is 10.3. The van der Waals surface area contributed by atoms with E-state index in [0.717, 1.165) is 0 Å². The van der Waals surface area contributed by atoms with Crippen LogP contribution in [0, 0.1) is 0 Å². The first kappa shape index (κ1) is 20.1. The molecule has 0 aliphatic heterocycles. The molecule has 25 heavy (non-hydrogen) atoms. The molecule has 5 nitrogen and oxygen atoms in total. The van der Waals surface area contributed by atoms with Crippen LogP contribution in [0.25, 0.3) is 0 Å². The lowest BCUT2D eigenvalue weighted by Crippen LogP contribution is -2.56. The predicted molar refractivity (Wildman–Crippen MR) is 108 cm³/mol. The van der Waals surface area contributed by atoms with Crippen molar-refractivity contribution >= 4 is 75.1 Å². The molecule has 1 aromatic carbocycles. The van der Waals surface area contributed by atoms with Gasteiger partial charge in [-0.1, -0.05) is 40.9 Å². The highest BCUT2D eigenvalue weighted by Gasteiger charge is 2.35. The molecule has 0 saturated heterocycles. The van der Waals surface area contributed by atoms with E-state index in [0.29, 0.717) is 16.3 Å². The van der Waals surface area contributed by atoms with Crippen LogP contribution >= 0.6 is 58.4 Å². The van der Waals surface area contributed by atoms with Gasteiger partial charge in [0.1, 0.15) is 11.9 Å². The highest BCUT2D eigenvalue weighted by atomic mass is 35.6. The van der Waals surface area contributed by atoms with E-state index in [1.165, 1.54) is 11.3 Å². The van der Waals surface area contributed by atoms with Crippen LogP contribution < -0.4 is 20.7 Å². The third-order valence-corrected chi connectivity index (χ3v) is 4.71. The second-order valence-corrected chi connectivity index (χ2v) is 8.48. The van der Waals surface area contributed by atoms with Crippen molar-refractivity contribution in [1.29, 1.82) is 0 Å². The Bertz CT molecular complexity index is 719. The van der Waals surface area contributed by atoms with Gasteiger partial charge in [-0.2, -0.15) is 0 Å². The van der Waals surface area contributed by atoms with Crippen LogP contribution in [-0.2, 0) is 0 Å². The van der Waals surface area contributed by atoms with Gasteiger partial charge in [0, 0.05) is 5.69 Å². The topological polar surface area (TPSA) is 62.4 Å². The van der Waals surface area contributed by atoms with E-state index >= 15 is 0 Å². The fourth-order valence-corrected chi connectivity index (χ4v) is 2.97. The van der Waals surface area contributed by atoms with E-state index < -0.39 is 9.96 Å². The minimum Gasteiger partial charge on any atom is -0.497 e. The number of carbonyl (C=O) groups excluding carboxylic acids is 1. The number of nitrogens with one attached hydrogen (secondary N) is 3. The Hall–Kier alpha value is -1.25. The van der Waals surface area contributed by atoms with E-state index in [4.69, 9.17) is 51.8 Å².